The van der Waals surface area contributed by atoms with Crippen LogP contribution >= 0.6 is 0 Å². The van der Waals surface area contributed by atoms with Crippen LogP contribution in [0.25, 0.3) is 0 Å². The summed E-state index contributed by atoms with van der Waals surface area (Å²) in [5.41, 5.74) is 5.54. The Balaban J connectivity index is 3.11. The van der Waals surface area contributed by atoms with E-state index in [1.54, 1.807) is 0 Å². The van der Waals surface area contributed by atoms with Gasteiger partial charge in [0.2, 0.25) is 0 Å². The fourth-order valence-electron chi connectivity index (χ4n) is 1.41. The van der Waals surface area contributed by atoms with Crippen molar-refractivity contribution in [2.75, 3.05) is 0 Å². The van der Waals surface area contributed by atoms with Gasteiger partial charge in [-0.3, -0.25) is 0 Å². The predicted octanol–water partition coefficient (Wildman–Crippen LogP) is 3.58. The molecule has 1 aromatic carbocycles. The van der Waals surface area contributed by atoms with E-state index in [1.165, 1.54) is 25.1 Å². The Hall–Kier alpha value is -1.44. The van der Waals surface area contributed by atoms with Gasteiger partial charge in [0.1, 0.15) is 5.75 Å². The molecule has 0 aliphatic heterocycles. The SMILES string of the molecule is CC(N)c1ccccc1OC(C(F)(F)F)C(F)(F)F. The van der Waals surface area contributed by atoms with Crippen LogP contribution in [0.15, 0.2) is 24.3 Å². The number of ether oxygens (including phenoxy) is 1. The molecule has 1 unspecified atom stereocenters. The fraction of sp³-hybridized carbons (Fsp3) is 0.455. The van der Waals surface area contributed by atoms with Crippen LogP contribution in [-0.4, -0.2) is 18.5 Å². The third-order valence-corrected chi connectivity index (χ3v) is 2.25. The molecular formula is C11H11F6NO. The van der Waals surface area contributed by atoms with Crippen molar-refractivity contribution in [2.45, 2.75) is 31.4 Å². The highest BCUT2D eigenvalue weighted by molar-refractivity contribution is 5.35. The Labute approximate surface area is 105 Å². The molecule has 2 nitrogen and oxygen atoms in total. The Kier molecular flexibility index (Phi) is 4.34. The van der Waals surface area contributed by atoms with Gasteiger partial charge in [-0.05, 0) is 13.0 Å². The zero-order valence-electron chi connectivity index (χ0n) is 9.72. The van der Waals surface area contributed by atoms with Crippen LogP contribution in [0.3, 0.4) is 0 Å². The lowest BCUT2D eigenvalue weighted by Crippen LogP contribution is -2.46. The summed E-state index contributed by atoms with van der Waals surface area (Å²) in [6, 6.07) is 4.29. The molecule has 19 heavy (non-hydrogen) atoms. The molecular weight excluding hydrogens is 276 g/mol. The Morgan fingerprint density at radius 1 is 1.00 bits per heavy atom. The van der Waals surface area contributed by atoms with Crippen molar-refractivity contribution in [3.63, 3.8) is 0 Å². The Morgan fingerprint density at radius 2 is 1.47 bits per heavy atom. The van der Waals surface area contributed by atoms with Gasteiger partial charge < -0.3 is 10.5 Å². The largest absolute Gasteiger partial charge is 0.471 e. The molecule has 0 heterocycles. The molecule has 0 saturated carbocycles. The smallest absolute Gasteiger partial charge is 0.434 e. The van der Waals surface area contributed by atoms with Crippen LogP contribution in [0, 0.1) is 0 Å². The van der Waals surface area contributed by atoms with Gasteiger partial charge in [-0.15, -0.1) is 0 Å². The first kappa shape index (κ1) is 15.6. The first-order valence-corrected chi connectivity index (χ1v) is 5.18. The molecule has 1 rings (SSSR count). The second kappa shape index (κ2) is 5.28. The second-order valence-electron chi connectivity index (χ2n) is 3.91. The van der Waals surface area contributed by atoms with Crippen molar-refractivity contribution < 1.29 is 31.1 Å². The van der Waals surface area contributed by atoms with Crippen molar-refractivity contribution in [2.24, 2.45) is 5.73 Å². The predicted molar refractivity (Wildman–Crippen MR) is 55.6 cm³/mol. The maximum absolute atomic E-state index is 12.4. The Morgan fingerprint density at radius 3 is 1.89 bits per heavy atom. The van der Waals surface area contributed by atoms with Gasteiger partial charge in [0, 0.05) is 11.6 Å². The number of hydrogen-bond acceptors (Lipinski definition) is 2. The number of benzene rings is 1. The normalized spacial score (nSPS) is 14.6. The molecule has 0 aromatic heterocycles. The minimum Gasteiger partial charge on any atom is -0.471 e. The van der Waals surface area contributed by atoms with E-state index in [0.29, 0.717) is 0 Å². The van der Waals surface area contributed by atoms with Crippen LogP contribution in [0.5, 0.6) is 5.75 Å². The quantitative estimate of drug-likeness (QED) is 0.862. The van der Waals surface area contributed by atoms with Crippen molar-refractivity contribution >= 4 is 0 Å². The third-order valence-electron chi connectivity index (χ3n) is 2.25. The van der Waals surface area contributed by atoms with E-state index in [9.17, 15) is 26.3 Å². The van der Waals surface area contributed by atoms with E-state index in [1.807, 2.05) is 0 Å². The number of halogens is 6. The average Bonchev–Trinajstić information content (AvgIpc) is 2.23. The number of alkyl halides is 6. The number of nitrogens with two attached hydrogens (primary N) is 1. The molecule has 0 spiro atoms. The van der Waals surface area contributed by atoms with Gasteiger partial charge in [0.05, 0.1) is 0 Å². The highest BCUT2D eigenvalue weighted by atomic mass is 19.4. The van der Waals surface area contributed by atoms with Gasteiger partial charge in [0.15, 0.2) is 0 Å². The van der Waals surface area contributed by atoms with Gasteiger partial charge in [-0.1, -0.05) is 18.2 Å². The molecule has 8 heteroatoms. The number of para-hydroxylation sites is 1. The molecule has 0 saturated heterocycles. The van der Waals surface area contributed by atoms with E-state index in [2.05, 4.69) is 4.74 Å². The van der Waals surface area contributed by atoms with E-state index in [4.69, 9.17) is 5.73 Å². The lowest BCUT2D eigenvalue weighted by molar-refractivity contribution is -0.300. The molecule has 0 aliphatic rings. The summed E-state index contributed by atoms with van der Waals surface area (Å²) in [4.78, 5) is 0. The lowest BCUT2D eigenvalue weighted by atomic mass is 10.1. The van der Waals surface area contributed by atoms with Crippen LogP contribution in [0.4, 0.5) is 26.3 Å². The molecule has 0 bridgehead atoms. The molecule has 0 fully saturated rings. The summed E-state index contributed by atoms with van der Waals surface area (Å²) in [5.74, 6) is -0.530. The fourth-order valence-corrected chi connectivity index (χ4v) is 1.41. The Bertz CT molecular complexity index is 412. The van der Waals surface area contributed by atoms with E-state index < -0.39 is 30.2 Å². The van der Waals surface area contributed by atoms with Gasteiger partial charge in [-0.2, -0.15) is 26.3 Å². The third kappa shape index (κ3) is 4.02. The molecule has 2 N–H and O–H groups in total. The minimum absolute atomic E-state index is 0.0704. The lowest BCUT2D eigenvalue weighted by Gasteiger charge is -2.25. The number of hydrogen-bond donors (Lipinski definition) is 1. The van der Waals surface area contributed by atoms with Gasteiger partial charge in [-0.25, -0.2) is 0 Å². The molecule has 0 radical (unpaired) electrons. The highest BCUT2D eigenvalue weighted by Crippen LogP contribution is 2.37. The van der Waals surface area contributed by atoms with Gasteiger partial charge >= 0.3 is 12.4 Å². The highest BCUT2D eigenvalue weighted by Gasteiger charge is 2.59. The zero-order chi connectivity index (χ0) is 14.8. The minimum atomic E-state index is -5.55. The van der Waals surface area contributed by atoms with E-state index >= 15 is 0 Å². The van der Waals surface area contributed by atoms with Crippen molar-refractivity contribution in [1.29, 1.82) is 0 Å². The summed E-state index contributed by atoms with van der Waals surface area (Å²) in [6.07, 6.45) is -15.0. The summed E-state index contributed by atoms with van der Waals surface area (Å²) in [6.45, 7) is 1.43. The molecule has 108 valence electrons. The topological polar surface area (TPSA) is 35.2 Å². The molecule has 1 atom stereocenters. The average molecular weight is 287 g/mol. The first-order valence-electron chi connectivity index (χ1n) is 5.18. The maximum Gasteiger partial charge on any atom is 0.434 e. The zero-order valence-corrected chi connectivity index (χ0v) is 9.72. The summed E-state index contributed by atoms with van der Waals surface area (Å²) in [7, 11) is 0. The second-order valence-corrected chi connectivity index (χ2v) is 3.91. The van der Waals surface area contributed by atoms with E-state index in [0.717, 1.165) is 6.07 Å². The first-order chi connectivity index (χ1) is 8.53. The summed E-state index contributed by atoms with van der Waals surface area (Å²) >= 11 is 0. The van der Waals surface area contributed by atoms with Crippen LogP contribution in [-0.2, 0) is 0 Å². The number of rotatable bonds is 3. The van der Waals surface area contributed by atoms with E-state index in [-0.39, 0.29) is 5.56 Å². The van der Waals surface area contributed by atoms with Crippen molar-refractivity contribution in [3.8, 4) is 5.75 Å². The van der Waals surface area contributed by atoms with Crippen molar-refractivity contribution in [3.05, 3.63) is 29.8 Å². The molecule has 0 amide bonds. The maximum atomic E-state index is 12.4. The summed E-state index contributed by atoms with van der Waals surface area (Å²) in [5, 5.41) is 0. The standard InChI is InChI=1S/C11H11F6NO/c1-6(18)7-4-2-3-5-8(7)19-9(10(12,13)14)11(15,16)17/h2-6,9H,18H2,1H3. The van der Waals surface area contributed by atoms with Crippen LogP contribution < -0.4 is 10.5 Å². The molecule has 0 aliphatic carbocycles. The van der Waals surface area contributed by atoms with Crippen LogP contribution in [0.2, 0.25) is 0 Å². The summed E-state index contributed by atoms with van der Waals surface area (Å²) < 4.78 is 78.3. The van der Waals surface area contributed by atoms with Crippen LogP contribution in [0.1, 0.15) is 18.5 Å². The monoisotopic (exact) mass is 287 g/mol. The molecule has 1 aromatic rings. The van der Waals surface area contributed by atoms with Crippen molar-refractivity contribution in [1.82, 2.24) is 0 Å². The van der Waals surface area contributed by atoms with Gasteiger partial charge in [0.25, 0.3) is 6.10 Å².